The topological polar surface area (TPSA) is 51.1 Å². The van der Waals surface area contributed by atoms with E-state index in [0.29, 0.717) is 5.70 Å². The van der Waals surface area contributed by atoms with Gasteiger partial charge in [-0.1, -0.05) is 31.4 Å². The van der Waals surface area contributed by atoms with Crippen molar-refractivity contribution >= 4 is 39.1 Å². The zero-order chi connectivity index (χ0) is 16.5. The number of hydrogen-bond donors (Lipinski definition) is 1. The largest absolute Gasteiger partial charge is 0.347 e. The Hall–Kier alpha value is -2.01. The van der Waals surface area contributed by atoms with Crippen LogP contribution in [0.25, 0.3) is 17.0 Å². The predicted molar refractivity (Wildman–Crippen MR) is 97.6 cm³/mol. The minimum absolute atomic E-state index is 0.210. The summed E-state index contributed by atoms with van der Waals surface area (Å²) < 4.78 is 2.33. The molecule has 5 heteroatoms. The van der Waals surface area contributed by atoms with Crippen LogP contribution >= 0.6 is 11.8 Å². The maximum absolute atomic E-state index is 11.8. The fourth-order valence-electron chi connectivity index (χ4n) is 3.76. The first-order valence-corrected chi connectivity index (χ1v) is 9.35. The van der Waals surface area contributed by atoms with Gasteiger partial charge in [-0.2, -0.15) is 0 Å². The lowest BCUT2D eigenvalue weighted by molar-refractivity contribution is -0.107. The van der Waals surface area contributed by atoms with Gasteiger partial charge >= 0.3 is 0 Å². The van der Waals surface area contributed by atoms with Crippen LogP contribution in [0.5, 0.6) is 0 Å². The van der Waals surface area contributed by atoms with Crippen LogP contribution in [-0.4, -0.2) is 14.9 Å². The molecule has 1 saturated heterocycles. The van der Waals surface area contributed by atoms with E-state index in [-0.39, 0.29) is 10.4 Å². The van der Waals surface area contributed by atoms with Crippen LogP contribution in [0.4, 0.5) is 4.79 Å². The van der Waals surface area contributed by atoms with Crippen LogP contribution in [0.15, 0.2) is 36.2 Å². The zero-order valence-corrected chi connectivity index (χ0v) is 14.3. The number of thioether (sulfide) groups is 1. The fraction of sp³-hybridized carbons (Fsp3) is 0.368. The highest BCUT2D eigenvalue weighted by atomic mass is 32.2. The van der Waals surface area contributed by atoms with Crippen LogP contribution in [0.3, 0.4) is 0 Å². The molecular formula is C19H20N2O2S. The number of rotatable bonds is 3. The standard InChI is InChI=1S/C19H20N2O2S/c22-18-16(20-19(23)24-18)11-14-7-4-8-17-15(14)9-10-21(17)12-13-5-2-1-3-6-13/h4,7-11,13H,1-3,5-6,12H2,(H,20,23). The van der Waals surface area contributed by atoms with Crippen molar-refractivity contribution in [2.75, 3.05) is 0 Å². The summed E-state index contributed by atoms with van der Waals surface area (Å²) in [5.74, 6) is 0.767. The molecule has 124 valence electrons. The van der Waals surface area contributed by atoms with E-state index in [1.807, 2.05) is 12.1 Å². The monoisotopic (exact) mass is 340 g/mol. The van der Waals surface area contributed by atoms with Gasteiger partial charge in [0.25, 0.3) is 5.24 Å². The first-order chi connectivity index (χ1) is 11.7. The van der Waals surface area contributed by atoms with E-state index in [9.17, 15) is 9.59 Å². The molecule has 24 heavy (non-hydrogen) atoms. The average Bonchev–Trinajstić information content (AvgIpc) is 3.13. The Labute approximate surface area is 145 Å². The van der Waals surface area contributed by atoms with Gasteiger partial charge in [0.05, 0.1) is 5.70 Å². The molecule has 1 saturated carbocycles. The SMILES string of the molecule is O=C1NC(=Cc2cccc3c2ccn3CC2CCCCC2)C(=O)S1. The lowest BCUT2D eigenvalue weighted by atomic mass is 9.89. The molecule has 1 aromatic heterocycles. The number of carbonyl (C=O) groups excluding carboxylic acids is 2. The third-order valence-electron chi connectivity index (χ3n) is 4.97. The second-order valence-electron chi connectivity index (χ2n) is 6.61. The third-order valence-corrected chi connectivity index (χ3v) is 5.66. The summed E-state index contributed by atoms with van der Waals surface area (Å²) >= 11 is 0.719. The number of aromatic nitrogens is 1. The van der Waals surface area contributed by atoms with Crippen molar-refractivity contribution < 1.29 is 9.59 Å². The first-order valence-electron chi connectivity index (χ1n) is 8.53. The Bertz CT molecular complexity index is 831. The van der Waals surface area contributed by atoms with E-state index >= 15 is 0 Å². The highest BCUT2D eigenvalue weighted by Crippen LogP contribution is 2.29. The Morgan fingerprint density at radius 1 is 1.17 bits per heavy atom. The van der Waals surface area contributed by atoms with Crippen molar-refractivity contribution in [3.8, 4) is 0 Å². The smallest absolute Gasteiger partial charge is 0.291 e. The van der Waals surface area contributed by atoms with Gasteiger partial charge in [-0.25, -0.2) is 0 Å². The van der Waals surface area contributed by atoms with Crippen molar-refractivity contribution in [1.29, 1.82) is 0 Å². The normalized spacial score (nSPS) is 20.9. The van der Waals surface area contributed by atoms with Crippen molar-refractivity contribution in [2.45, 2.75) is 38.6 Å². The van der Waals surface area contributed by atoms with E-state index in [0.717, 1.165) is 35.2 Å². The molecule has 0 atom stereocenters. The van der Waals surface area contributed by atoms with Gasteiger partial charge in [-0.15, -0.1) is 0 Å². The van der Waals surface area contributed by atoms with E-state index in [1.54, 1.807) is 6.08 Å². The fourth-order valence-corrected chi connectivity index (χ4v) is 4.31. The first kappa shape index (κ1) is 15.5. The molecule has 0 radical (unpaired) electrons. The molecule has 1 amide bonds. The number of benzene rings is 1. The lowest BCUT2D eigenvalue weighted by Crippen LogP contribution is -2.13. The molecule has 0 bridgehead atoms. The Morgan fingerprint density at radius 2 is 2.00 bits per heavy atom. The van der Waals surface area contributed by atoms with E-state index in [2.05, 4.69) is 28.2 Å². The summed E-state index contributed by atoms with van der Waals surface area (Å²) in [5, 5.41) is 3.24. The number of nitrogens with one attached hydrogen (secondary N) is 1. The van der Waals surface area contributed by atoms with Gasteiger partial charge in [0, 0.05) is 35.4 Å². The van der Waals surface area contributed by atoms with Crippen LogP contribution in [0, 0.1) is 5.92 Å². The summed E-state index contributed by atoms with van der Waals surface area (Å²) in [5.41, 5.74) is 2.54. The second-order valence-corrected chi connectivity index (χ2v) is 7.56. The summed E-state index contributed by atoms with van der Waals surface area (Å²) in [4.78, 5) is 23.1. The van der Waals surface area contributed by atoms with Gasteiger partial charge in [0.1, 0.15) is 0 Å². The van der Waals surface area contributed by atoms with Gasteiger partial charge in [-0.3, -0.25) is 9.59 Å². The average molecular weight is 340 g/mol. The molecule has 4 nitrogen and oxygen atoms in total. The maximum atomic E-state index is 11.8. The van der Waals surface area contributed by atoms with Gasteiger partial charge in [0.2, 0.25) is 5.12 Å². The van der Waals surface area contributed by atoms with Gasteiger partial charge in [-0.05, 0) is 42.5 Å². The molecule has 0 spiro atoms. The molecule has 2 fully saturated rings. The van der Waals surface area contributed by atoms with E-state index < -0.39 is 0 Å². The third kappa shape index (κ3) is 3.00. The highest BCUT2D eigenvalue weighted by molar-refractivity contribution is 8.27. The second kappa shape index (κ2) is 6.48. The number of nitrogens with zero attached hydrogens (tertiary/aromatic N) is 1. The number of hydrogen-bond acceptors (Lipinski definition) is 3. The van der Waals surface area contributed by atoms with Crippen LogP contribution in [-0.2, 0) is 11.3 Å². The van der Waals surface area contributed by atoms with Crippen molar-refractivity contribution in [3.63, 3.8) is 0 Å². The van der Waals surface area contributed by atoms with Gasteiger partial charge < -0.3 is 9.88 Å². The molecule has 1 aromatic carbocycles. The van der Waals surface area contributed by atoms with Crippen molar-refractivity contribution in [1.82, 2.24) is 9.88 Å². The number of amides is 1. The Morgan fingerprint density at radius 3 is 2.75 bits per heavy atom. The van der Waals surface area contributed by atoms with E-state index in [1.165, 1.54) is 37.6 Å². The zero-order valence-electron chi connectivity index (χ0n) is 13.5. The van der Waals surface area contributed by atoms with Crippen LogP contribution in [0.2, 0.25) is 0 Å². The number of carbonyl (C=O) groups is 2. The van der Waals surface area contributed by atoms with Crippen LogP contribution < -0.4 is 5.32 Å². The summed E-state index contributed by atoms with van der Waals surface area (Å²) in [7, 11) is 0. The number of fused-ring (bicyclic) bond motifs is 1. The Balaban J connectivity index is 1.65. The minimum atomic E-state index is -0.298. The quantitative estimate of drug-likeness (QED) is 0.834. The molecular weight excluding hydrogens is 320 g/mol. The molecule has 1 aliphatic carbocycles. The van der Waals surface area contributed by atoms with Crippen LogP contribution in [0.1, 0.15) is 37.7 Å². The summed E-state index contributed by atoms with van der Waals surface area (Å²) in [6.07, 6.45) is 10.6. The minimum Gasteiger partial charge on any atom is -0.347 e. The van der Waals surface area contributed by atoms with Crippen molar-refractivity contribution in [2.24, 2.45) is 5.92 Å². The molecule has 4 rings (SSSR count). The molecule has 1 aliphatic heterocycles. The van der Waals surface area contributed by atoms with Gasteiger partial charge in [0.15, 0.2) is 0 Å². The maximum Gasteiger partial charge on any atom is 0.291 e. The lowest BCUT2D eigenvalue weighted by Gasteiger charge is -2.22. The highest BCUT2D eigenvalue weighted by Gasteiger charge is 2.25. The summed E-state index contributed by atoms with van der Waals surface area (Å²) in [6.45, 7) is 1.06. The molecule has 2 heterocycles. The van der Waals surface area contributed by atoms with E-state index in [4.69, 9.17) is 0 Å². The molecule has 1 N–H and O–H groups in total. The predicted octanol–water partition coefficient (Wildman–Crippen LogP) is 4.55. The molecule has 0 unspecified atom stereocenters. The summed E-state index contributed by atoms with van der Waals surface area (Å²) in [6, 6.07) is 8.24. The Kier molecular flexibility index (Phi) is 4.19. The van der Waals surface area contributed by atoms with Crippen molar-refractivity contribution in [3.05, 3.63) is 41.7 Å². The molecule has 2 aromatic rings. The molecule has 2 aliphatic rings.